The zero-order valence-corrected chi connectivity index (χ0v) is 16.4. The summed E-state index contributed by atoms with van der Waals surface area (Å²) < 4.78 is 2.08. The van der Waals surface area contributed by atoms with Gasteiger partial charge in [0.05, 0.1) is 11.1 Å². The van der Waals surface area contributed by atoms with Crippen molar-refractivity contribution in [3.63, 3.8) is 0 Å². The lowest BCUT2D eigenvalue weighted by molar-refractivity contribution is 0.0664. The number of rotatable bonds is 7. The van der Waals surface area contributed by atoms with Crippen LogP contribution in [0.3, 0.4) is 0 Å². The smallest absolute Gasteiger partial charge is 0.261 e. The van der Waals surface area contributed by atoms with E-state index in [0.717, 1.165) is 23.9 Å². The van der Waals surface area contributed by atoms with Gasteiger partial charge in [-0.05, 0) is 24.6 Å². The fraction of sp³-hybridized carbons (Fsp3) is 0.238. The van der Waals surface area contributed by atoms with Crippen LogP contribution in [0.2, 0.25) is 0 Å². The fourth-order valence-corrected chi connectivity index (χ4v) is 4.27. The second-order valence-electron chi connectivity index (χ2n) is 6.46. The highest BCUT2D eigenvalue weighted by atomic mass is 32.2. The number of hydrogen-bond acceptors (Lipinski definition) is 5. The van der Waals surface area contributed by atoms with Crippen LogP contribution in [0.4, 0.5) is 0 Å². The number of carbonyl (C=O) groups is 2. The molecule has 0 aliphatic carbocycles. The highest BCUT2D eigenvalue weighted by Crippen LogP contribution is 2.24. The van der Waals surface area contributed by atoms with Crippen molar-refractivity contribution < 1.29 is 9.59 Å². The van der Waals surface area contributed by atoms with Crippen LogP contribution < -0.4 is 0 Å². The van der Waals surface area contributed by atoms with Gasteiger partial charge in [0, 0.05) is 25.3 Å². The molecule has 0 fully saturated rings. The van der Waals surface area contributed by atoms with Crippen molar-refractivity contribution in [2.45, 2.75) is 25.0 Å². The molecule has 0 unspecified atom stereocenters. The Morgan fingerprint density at radius 2 is 1.54 bits per heavy atom. The van der Waals surface area contributed by atoms with E-state index in [0.29, 0.717) is 23.4 Å². The molecule has 0 bridgehead atoms. The third-order valence-corrected chi connectivity index (χ3v) is 5.69. The van der Waals surface area contributed by atoms with E-state index >= 15 is 0 Å². The number of hydrogen-bond donors (Lipinski definition) is 0. The van der Waals surface area contributed by atoms with Crippen LogP contribution in [0.15, 0.2) is 59.8 Å². The molecule has 0 atom stereocenters. The van der Waals surface area contributed by atoms with Gasteiger partial charge in [0.25, 0.3) is 11.8 Å². The Labute approximate surface area is 167 Å². The minimum Gasteiger partial charge on any atom is -0.306 e. The molecule has 1 aromatic heterocycles. The molecule has 2 heterocycles. The van der Waals surface area contributed by atoms with Crippen LogP contribution in [0, 0.1) is 0 Å². The Morgan fingerprint density at radius 1 is 0.893 bits per heavy atom. The molecule has 1 aliphatic heterocycles. The Hall–Kier alpha value is -2.93. The maximum Gasteiger partial charge on any atom is 0.261 e. The second-order valence-corrected chi connectivity index (χ2v) is 7.52. The summed E-state index contributed by atoms with van der Waals surface area (Å²) in [5, 5.41) is 9.46. The first-order valence-electron chi connectivity index (χ1n) is 9.23. The predicted molar refractivity (Wildman–Crippen MR) is 107 cm³/mol. The highest BCUT2D eigenvalue weighted by molar-refractivity contribution is 7.99. The Bertz CT molecular complexity index is 981. The first-order chi connectivity index (χ1) is 13.7. The summed E-state index contributed by atoms with van der Waals surface area (Å²) in [5.74, 6) is 1.05. The van der Waals surface area contributed by atoms with Crippen LogP contribution in [-0.2, 0) is 13.0 Å². The molecule has 6 nitrogen and oxygen atoms in total. The van der Waals surface area contributed by atoms with Crippen LogP contribution in [0.1, 0.15) is 39.0 Å². The highest BCUT2D eigenvalue weighted by Gasteiger charge is 2.34. The average molecular weight is 392 g/mol. The monoisotopic (exact) mass is 392 g/mol. The lowest BCUT2D eigenvalue weighted by Gasteiger charge is -2.13. The second kappa shape index (κ2) is 7.98. The fourth-order valence-electron chi connectivity index (χ4n) is 3.32. The molecule has 7 heteroatoms. The van der Waals surface area contributed by atoms with Crippen molar-refractivity contribution in [1.82, 2.24) is 19.7 Å². The molecule has 0 radical (unpaired) electrons. The van der Waals surface area contributed by atoms with E-state index in [1.165, 1.54) is 22.2 Å². The SMILES string of the molecule is CCn1c(Cc2ccccc2)nnc1SCCN1C(=O)c2ccccc2C1=O. The van der Waals surface area contributed by atoms with Gasteiger partial charge in [-0.25, -0.2) is 0 Å². The number of benzene rings is 2. The summed E-state index contributed by atoms with van der Waals surface area (Å²) in [7, 11) is 0. The van der Waals surface area contributed by atoms with Crippen molar-refractivity contribution in [2.24, 2.45) is 0 Å². The number of nitrogens with zero attached hydrogens (tertiary/aromatic N) is 4. The van der Waals surface area contributed by atoms with Crippen molar-refractivity contribution in [1.29, 1.82) is 0 Å². The van der Waals surface area contributed by atoms with Gasteiger partial charge in [0.2, 0.25) is 0 Å². The predicted octanol–water partition coefficient (Wildman–Crippen LogP) is 3.28. The van der Waals surface area contributed by atoms with Crippen molar-refractivity contribution in [3.8, 4) is 0 Å². The number of amides is 2. The van der Waals surface area contributed by atoms with Crippen molar-refractivity contribution >= 4 is 23.6 Å². The molecule has 0 saturated carbocycles. The van der Waals surface area contributed by atoms with Crippen LogP contribution in [0.25, 0.3) is 0 Å². The number of aromatic nitrogens is 3. The van der Waals surface area contributed by atoms with Gasteiger partial charge < -0.3 is 4.57 Å². The zero-order chi connectivity index (χ0) is 19.5. The van der Waals surface area contributed by atoms with Gasteiger partial charge >= 0.3 is 0 Å². The number of carbonyl (C=O) groups excluding carboxylic acids is 2. The quantitative estimate of drug-likeness (QED) is 0.456. The lowest BCUT2D eigenvalue weighted by atomic mass is 10.1. The summed E-state index contributed by atoms with van der Waals surface area (Å²) in [4.78, 5) is 26.2. The minimum absolute atomic E-state index is 0.220. The summed E-state index contributed by atoms with van der Waals surface area (Å²) in [6.07, 6.45) is 0.723. The normalized spacial score (nSPS) is 13.2. The van der Waals surface area contributed by atoms with E-state index in [9.17, 15) is 9.59 Å². The molecule has 0 N–H and O–H groups in total. The summed E-state index contributed by atoms with van der Waals surface area (Å²) >= 11 is 1.52. The Balaban J connectivity index is 1.41. The van der Waals surface area contributed by atoms with Gasteiger partial charge in [-0.2, -0.15) is 0 Å². The molecule has 0 spiro atoms. The zero-order valence-electron chi connectivity index (χ0n) is 15.5. The van der Waals surface area contributed by atoms with Crippen LogP contribution in [-0.4, -0.2) is 43.8 Å². The standard InChI is InChI=1S/C21H20N4O2S/c1-2-24-18(14-15-8-4-3-5-9-15)22-23-21(24)28-13-12-25-19(26)16-10-6-7-11-17(16)20(25)27/h3-11H,2,12-14H2,1H3. The van der Waals surface area contributed by atoms with Gasteiger partial charge in [0.1, 0.15) is 5.82 Å². The summed E-state index contributed by atoms with van der Waals surface area (Å²) in [6, 6.07) is 17.1. The largest absolute Gasteiger partial charge is 0.306 e. The van der Waals surface area contributed by atoms with E-state index in [4.69, 9.17) is 0 Å². The van der Waals surface area contributed by atoms with Crippen LogP contribution >= 0.6 is 11.8 Å². The van der Waals surface area contributed by atoms with E-state index in [2.05, 4.69) is 33.8 Å². The maximum absolute atomic E-state index is 12.4. The van der Waals surface area contributed by atoms with Crippen LogP contribution in [0.5, 0.6) is 0 Å². The first-order valence-corrected chi connectivity index (χ1v) is 10.2. The molecule has 28 heavy (non-hydrogen) atoms. The van der Waals surface area contributed by atoms with E-state index in [1.54, 1.807) is 24.3 Å². The molecule has 2 aromatic carbocycles. The molecule has 3 aromatic rings. The van der Waals surface area contributed by atoms with Crippen molar-refractivity contribution in [2.75, 3.05) is 12.3 Å². The van der Waals surface area contributed by atoms with Gasteiger partial charge in [-0.15, -0.1) is 10.2 Å². The number of thioether (sulfide) groups is 1. The molecule has 2 amide bonds. The molecule has 1 aliphatic rings. The molecule has 0 saturated heterocycles. The van der Waals surface area contributed by atoms with Crippen molar-refractivity contribution in [3.05, 3.63) is 77.1 Å². The first kappa shape index (κ1) is 18.4. The lowest BCUT2D eigenvalue weighted by Crippen LogP contribution is -2.31. The van der Waals surface area contributed by atoms with Gasteiger partial charge in [0.15, 0.2) is 5.16 Å². The third-order valence-electron chi connectivity index (χ3n) is 4.74. The molecular formula is C21H20N4O2S. The minimum atomic E-state index is -0.220. The van der Waals surface area contributed by atoms with Gasteiger partial charge in [-0.1, -0.05) is 54.2 Å². The summed E-state index contributed by atoms with van der Waals surface area (Å²) in [6.45, 7) is 3.18. The summed E-state index contributed by atoms with van der Waals surface area (Å²) in [5.41, 5.74) is 2.16. The molecular weight excluding hydrogens is 372 g/mol. The topological polar surface area (TPSA) is 68.1 Å². The third kappa shape index (κ3) is 3.45. The molecule has 4 rings (SSSR count). The maximum atomic E-state index is 12.4. The Morgan fingerprint density at radius 3 is 2.18 bits per heavy atom. The number of imide groups is 1. The average Bonchev–Trinajstić information content (AvgIpc) is 3.22. The van der Waals surface area contributed by atoms with Gasteiger partial charge in [-0.3, -0.25) is 14.5 Å². The van der Waals surface area contributed by atoms with E-state index in [1.807, 2.05) is 18.2 Å². The number of fused-ring (bicyclic) bond motifs is 1. The molecule has 142 valence electrons. The van der Waals surface area contributed by atoms with E-state index in [-0.39, 0.29) is 11.8 Å². The Kier molecular flexibility index (Phi) is 5.25. The van der Waals surface area contributed by atoms with E-state index < -0.39 is 0 Å².